The largest absolute Gasteiger partial charge is 0.444 e. The third-order valence-corrected chi connectivity index (χ3v) is 5.37. The Morgan fingerprint density at radius 3 is 2.27 bits per heavy atom. The molecular formula is C18H31NO3. The van der Waals surface area contributed by atoms with Gasteiger partial charge >= 0.3 is 6.09 Å². The Morgan fingerprint density at radius 2 is 1.77 bits per heavy atom. The lowest BCUT2D eigenvalue weighted by Gasteiger charge is -2.47. The van der Waals surface area contributed by atoms with Crippen molar-refractivity contribution in [3.63, 3.8) is 0 Å². The number of aldehydes is 1. The molecule has 0 atom stereocenters. The van der Waals surface area contributed by atoms with Gasteiger partial charge < -0.3 is 14.4 Å². The van der Waals surface area contributed by atoms with E-state index in [-0.39, 0.29) is 11.5 Å². The summed E-state index contributed by atoms with van der Waals surface area (Å²) in [6.45, 7) is 7.13. The fourth-order valence-corrected chi connectivity index (χ4v) is 4.12. The van der Waals surface area contributed by atoms with E-state index in [2.05, 4.69) is 0 Å². The molecule has 1 aliphatic carbocycles. The predicted octanol–water partition coefficient (Wildman–Crippen LogP) is 4.17. The molecule has 2 fully saturated rings. The standard InChI is InChI=1S/C18H31NO3/c1-17(2,3)22-16(21)19-12-9-18(10-13-19,11-14-20)15-7-5-4-6-8-15/h14-15H,4-13H2,1-3H3. The minimum Gasteiger partial charge on any atom is -0.444 e. The number of likely N-dealkylation sites (tertiary alicyclic amines) is 1. The van der Waals surface area contributed by atoms with Gasteiger partial charge in [-0.05, 0) is 57.8 Å². The lowest BCUT2D eigenvalue weighted by Crippen LogP contribution is -2.48. The highest BCUT2D eigenvalue weighted by atomic mass is 16.6. The van der Waals surface area contributed by atoms with Gasteiger partial charge in [-0.2, -0.15) is 0 Å². The summed E-state index contributed by atoms with van der Waals surface area (Å²) in [5.74, 6) is 0.659. The van der Waals surface area contributed by atoms with Crippen molar-refractivity contribution >= 4 is 12.4 Å². The van der Waals surface area contributed by atoms with Gasteiger partial charge in [-0.25, -0.2) is 4.79 Å². The van der Waals surface area contributed by atoms with Crippen LogP contribution in [-0.2, 0) is 9.53 Å². The second-order valence-corrected chi connectivity index (χ2v) is 8.04. The first-order valence-corrected chi connectivity index (χ1v) is 8.78. The molecular weight excluding hydrogens is 278 g/mol. The maximum absolute atomic E-state index is 12.2. The van der Waals surface area contributed by atoms with Crippen LogP contribution in [0.3, 0.4) is 0 Å². The molecule has 4 heteroatoms. The van der Waals surface area contributed by atoms with Gasteiger partial charge in [0, 0.05) is 19.5 Å². The number of hydrogen-bond donors (Lipinski definition) is 0. The van der Waals surface area contributed by atoms with Crippen molar-refractivity contribution in [2.24, 2.45) is 11.3 Å². The number of carbonyl (C=O) groups is 2. The molecule has 4 nitrogen and oxygen atoms in total. The molecule has 22 heavy (non-hydrogen) atoms. The third-order valence-electron chi connectivity index (χ3n) is 5.37. The highest BCUT2D eigenvalue weighted by Crippen LogP contribution is 2.47. The van der Waals surface area contributed by atoms with E-state index in [0.717, 1.165) is 32.2 Å². The van der Waals surface area contributed by atoms with E-state index < -0.39 is 5.60 Å². The Kier molecular flexibility index (Phi) is 5.51. The van der Waals surface area contributed by atoms with E-state index in [1.807, 2.05) is 25.7 Å². The lowest BCUT2D eigenvalue weighted by atomic mass is 9.62. The molecule has 2 rings (SSSR count). The Morgan fingerprint density at radius 1 is 1.18 bits per heavy atom. The number of hydrogen-bond acceptors (Lipinski definition) is 3. The second-order valence-electron chi connectivity index (χ2n) is 8.04. The molecule has 1 saturated carbocycles. The van der Waals surface area contributed by atoms with Gasteiger partial charge in [-0.3, -0.25) is 0 Å². The first-order valence-electron chi connectivity index (χ1n) is 8.78. The van der Waals surface area contributed by atoms with Gasteiger partial charge in [0.05, 0.1) is 0 Å². The molecule has 1 heterocycles. The second kappa shape index (κ2) is 7.01. The number of nitrogens with zero attached hydrogens (tertiary/aromatic N) is 1. The van der Waals surface area contributed by atoms with Gasteiger partial charge in [0.15, 0.2) is 0 Å². The van der Waals surface area contributed by atoms with E-state index >= 15 is 0 Å². The van der Waals surface area contributed by atoms with Gasteiger partial charge in [-0.15, -0.1) is 0 Å². The van der Waals surface area contributed by atoms with Crippen LogP contribution in [0.25, 0.3) is 0 Å². The van der Waals surface area contributed by atoms with Crippen molar-refractivity contribution in [3.05, 3.63) is 0 Å². The summed E-state index contributed by atoms with van der Waals surface area (Å²) >= 11 is 0. The van der Waals surface area contributed by atoms with Crippen molar-refractivity contribution in [3.8, 4) is 0 Å². The fraction of sp³-hybridized carbons (Fsp3) is 0.889. The smallest absolute Gasteiger partial charge is 0.410 e. The van der Waals surface area contributed by atoms with Crippen molar-refractivity contribution in [1.29, 1.82) is 0 Å². The third kappa shape index (κ3) is 4.23. The molecule has 126 valence electrons. The molecule has 0 bridgehead atoms. The Balaban J connectivity index is 1.97. The maximum Gasteiger partial charge on any atom is 0.410 e. The van der Waals surface area contributed by atoms with E-state index in [4.69, 9.17) is 4.74 Å². The average Bonchev–Trinajstić information content (AvgIpc) is 2.47. The number of carbonyl (C=O) groups excluding carboxylic acids is 2. The molecule has 0 aromatic rings. The lowest BCUT2D eigenvalue weighted by molar-refractivity contribution is -0.112. The number of rotatable bonds is 3. The molecule has 0 unspecified atom stereocenters. The summed E-state index contributed by atoms with van der Waals surface area (Å²) in [6.07, 6.45) is 9.83. The molecule has 0 radical (unpaired) electrons. The Bertz CT molecular complexity index is 386. The minimum atomic E-state index is -0.447. The molecule has 0 N–H and O–H groups in total. The summed E-state index contributed by atoms with van der Waals surface area (Å²) in [5, 5.41) is 0. The molecule has 1 amide bonds. The molecule has 0 spiro atoms. The van der Waals surface area contributed by atoms with Crippen molar-refractivity contribution in [1.82, 2.24) is 4.90 Å². The van der Waals surface area contributed by atoms with Crippen LogP contribution in [0, 0.1) is 11.3 Å². The molecule has 1 aliphatic heterocycles. The molecule has 0 aromatic heterocycles. The zero-order chi connectivity index (χ0) is 16.2. The molecule has 0 aromatic carbocycles. The van der Waals surface area contributed by atoms with Gasteiger partial charge in [0.2, 0.25) is 0 Å². The quantitative estimate of drug-likeness (QED) is 0.735. The van der Waals surface area contributed by atoms with E-state index in [0.29, 0.717) is 12.3 Å². The Hall–Kier alpha value is -1.06. The van der Waals surface area contributed by atoms with Gasteiger partial charge in [-0.1, -0.05) is 19.3 Å². The Labute approximate surface area is 134 Å². The van der Waals surface area contributed by atoms with Crippen molar-refractivity contribution in [2.45, 2.75) is 77.7 Å². The predicted molar refractivity (Wildman–Crippen MR) is 86.7 cm³/mol. The normalized spacial score (nSPS) is 23.1. The highest BCUT2D eigenvalue weighted by molar-refractivity contribution is 5.68. The van der Waals surface area contributed by atoms with Crippen LogP contribution in [0.2, 0.25) is 0 Å². The monoisotopic (exact) mass is 309 g/mol. The first-order chi connectivity index (χ1) is 10.4. The first kappa shape index (κ1) is 17.3. The summed E-state index contributed by atoms with van der Waals surface area (Å²) in [5.41, 5.74) is -0.321. The zero-order valence-electron chi connectivity index (χ0n) is 14.4. The summed E-state index contributed by atoms with van der Waals surface area (Å²) in [4.78, 5) is 25.2. The number of ether oxygens (including phenoxy) is 1. The van der Waals surface area contributed by atoms with Gasteiger partial charge in [0.1, 0.15) is 11.9 Å². The highest BCUT2D eigenvalue weighted by Gasteiger charge is 2.42. The van der Waals surface area contributed by atoms with Crippen LogP contribution < -0.4 is 0 Å². The van der Waals surface area contributed by atoms with E-state index in [9.17, 15) is 9.59 Å². The van der Waals surface area contributed by atoms with Crippen LogP contribution in [0.5, 0.6) is 0 Å². The molecule has 2 aliphatic rings. The van der Waals surface area contributed by atoms with Crippen LogP contribution in [0.15, 0.2) is 0 Å². The maximum atomic E-state index is 12.2. The van der Waals surface area contributed by atoms with Crippen LogP contribution in [0.4, 0.5) is 4.79 Å². The average molecular weight is 309 g/mol. The zero-order valence-corrected chi connectivity index (χ0v) is 14.4. The van der Waals surface area contributed by atoms with Crippen LogP contribution in [0.1, 0.15) is 72.1 Å². The SMILES string of the molecule is CC(C)(C)OC(=O)N1CCC(CC=O)(C2CCCCC2)CC1. The summed E-state index contributed by atoms with van der Waals surface area (Å²) in [6, 6.07) is 0. The minimum absolute atomic E-state index is 0.126. The van der Waals surface area contributed by atoms with Crippen molar-refractivity contribution in [2.75, 3.05) is 13.1 Å². The van der Waals surface area contributed by atoms with Crippen LogP contribution >= 0.6 is 0 Å². The molecule has 1 saturated heterocycles. The van der Waals surface area contributed by atoms with Gasteiger partial charge in [0.25, 0.3) is 0 Å². The van der Waals surface area contributed by atoms with Crippen LogP contribution in [-0.4, -0.2) is 36.0 Å². The summed E-state index contributed by atoms with van der Waals surface area (Å²) in [7, 11) is 0. The number of amides is 1. The summed E-state index contributed by atoms with van der Waals surface area (Å²) < 4.78 is 5.47. The number of piperidine rings is 1. The topological polar surface area (TPSA) is 46.6 Å². The fourth-order valence-electron chi connectivity index (χ4n) is 4.12. The van der Waals surface area contributed by atoms with E-state index in [1.165, 1.54) is 32.1 Å². The van der Waals surface area contributed by atoms with Crippen molar-refractivity contribution < 1.29 is 14.3 Å². The van der Waals surface area contributed by atoms with E-state index in [1.54, 1.807) is 0 Å².